The fraction of sp³-hybridized carbons (Fsp3) is 0.333. The standard InChI is InChI=1S/C18H23NO/c1-2-3-13-20-17-11-9-16(10-12-17)18(19)14-15-7-5-4-6-8-15/h4-12,18H,2-3,13-14,19H2,1H3/t18-/m0/s1. The summed E-state index contributed by atoms with van der Waals surface area (Å²) < 4.78 is 5.66. The Morgan fingerprint density at radius 3 is 2.35 bits per heavy atom. The quantitative estimate of drug-likeness (QED) is 0.768. The van der Waals surface area contributed by atoms with Crippen molar-refractivity contribution in [2.45, 2.75) is 32.2 Å². The summed E-state index contributed by atoms with van der Waals surface area (Å²) in [5.41, 5.74) is 8.67. The smallest absolute Gasteiger partial charge is 0.119 e. The van der Waals surface area contributed by atoms with Crippen LogP contribution in [0, 0.1) is 0 Å². The zero-order valence-corrected chi connectivity index (χ0v) is 12.1. The van der Waals surface area contributed by atoms with Crippen molar-refractivity contribution in [3.8, 4) is 5.75 Å². The van der Waals surface area contributed by atoms with Gasteiger partial charge in [0.25, 0.3) is 0 Å². The lowest BCUT2D eigenvalue weighted by atomic mass is 10.00. The zero-order chi connectivity index (χ0) is 14.2. The molecule has 0 saturated heterocycles. The van der Waals surface area contributed by atoms with Crippen molar-refractivity contribution in [3.63, 3.8) is 0 Å². The molecule has 0 bridgehead atoms. The molecule has 1 atom stereocenters. The van der Waals surface area contributed by atoms with Gasteiger partial charge in [-0.3, -0.25) is 0 Å². The number of ether oxygens (including phenoxy) is 1. The molecule has 0 aromatic heterocycles. The molecule has 2 rings (SSSR count). The maximum atomic E-state index is 6.26. The molecule has 2 N–H and O–H groups in total. The predicted octanol–water partition coefficient (Wildman–Crippen LogP) is 4.11. The van der Waals surface area contributed by atoms with Gasteiger partial charge in [-0.15, -0.1) is 0 Å². The van der Waals surface area contributed by atoms with Gasteiger partial charge in [-0.2, -0.15) is 0 Å². The molecule has 0 aliphatic heterocycles. The summed E-state index contributed by atoms with van der Waals surface area (Å²) in [6, 6.07) is 18.5. The van der Waals surface area contributed by atoms with E-state index < -0.39 is 0 Å². The minimum Gasteiger partial charge on any atom is -0.494 e. The van der Waals surface area contributed by atoms with Gasteiger partial charge in [0.15, 0.2) is 0 Å². The third kappa shape index (κ3) is 4.39. The minimum absolute atomic E-state index is 0.0297. The topological polar surface area (TPSA) is 35.2 Å². The molecule has 0 saturated carbocycles. The van der Waals surface area contributed by atoms with Crippen LogP contribution in [-0.4, -0.2) is 6.61 Å². The van der Waals surface area contributed by atoms with Crippen LogP contribution in [-0.2, 0) is 6.42 Å². The molecule has 0 unspecified atom stereocenters. The second-order valence-electron chi connectivity index (χ2n) is 5.07. The zero-order valence-electron chi connectivity index (χ0n) is 12.1. The van der Waals surface area contributed by atoms with Gasteiger partial charge in [0, 0.05) is 6.04 Å². The summed E-state index contributed by atoms with van der Waals surface area (Å²) in [6.07, 6.45) is 3.10. The SMILES string of the molecule is CCCCOc1ccc([C@@H](N)Cc2ccccc2)cc1. The lowest BCUT2D eigenvalue weighted by Crippen LogP contribution is -2.13. The summed E-state index contributed by atoms with van der Waals surface area (Å²) >= 11 is 0. The molecule has 0 amide bonds. The lowest BCUT2D eigenvalue weighted by molar-refractivity contribution is 0.309. The third-order valence-electron chi connectivity index (χ3n) is 3.37. The van der Waals surface area contributed by atoms with Gasteiger partial charge in [-0.1, -0.05) is 55.8 Å². The Balaban J connectivity index is 1.92. The lowest BCUT2D eigenvalue weighted by Gasteiger charge is -2.13. The van der Waals surface area contributed by atoms with E-state index in [2.05, 4.69) is 31.2 Å². The van der Waals surface area contributed by atoms with Crippen LogP contribution in [0.5, 0.6) is 5.75 Å². The van der Waals surface area contributed by atoms with E-state index in [1.165, 1.54) is 5.56 Å². The summed E-state index contributed by atoms with van der Waals surface area (Å²) in [7, 11) is 0. The number of hydrogen-bond donors (Lipinski definition) is 1. The Morgan fingerprint density at radius 1 is 1.00 bits per heavy atom. The van der Waals surface area contributed by atoms with Crippen LogP contribution in [0.4, 0.5) is 0 Å². The molecular formula is C18H23NO. The first-order valence-corrected chi connectivity index (χ1v) is 7.32. The monoisotopic (exact) mass is 269 g/mol. The first-order chi connectivity index (χ1) is 9.79. The molecular weight excluding hydrogens is 246 g/mol. The highest BCUT2D eigenvalue weighted by atomic mass is 16.5. The van der Waals surface area contributed by atoms with Crippen molar-refractivity contribution in [2.24, 2.45) is 5.73 Å². The van der Waals surface area contributed by atoms with Crippen LogP contribution >= 0.6 is 0 Å². The maximum absolute atomic E-state index is 6.26. The summed E-state index contributed by atoms with van der Waals surface area (Å²) in [6.45, 7) is 2.95. The van der Waals surface area contributed by atoms with Crippen molar-refractivity contribution < 1.29 is 4.74 Å². The summed E-state index contributed by atoms with van der Waals surface area (Å²) in [5, 5.41) is 0. The molecule has 0 aliphatic carbocycles. The van der Waals surface area contributed by atoms with Gasteiger partial charge in [0.1, 0.15) is 5.75 Å². The van der Waals surface area contributed by atoms with E-state index in [0.717, 1.165) is 37.2 Å². The second-order valence-corrected chi connectivity index (χ2v) is 5.07. The van der Waals surface area contributed by atoms with Gasteiger partial charge >= 0.3 is 0 Å². The molecule has 0 fully saturated rings. The molecule has 106 valence electrons. The Labute approximate surface area is 121 Å². The van der Waals surface area contributed by atoms with Crippen LogP contribution < -0.4 is 10.5 Å². The van der Waals surface area contributed by atoms with Gasteiger partial charge in [-0.05, 0) is 36.1 Å². The average molecular weight is 269 g/mol. The van der Waals surface area contributed by atoms with Gasteiger partial charge in [-0.25, -0.2) is 0 Å². The minimum atomic E-state index is 0.0297. The average Bonchev–Trinajstić information content (AvgIpc) is 2.49. The van der Waals surface area contributed by atoms with Crippen molar-refractivity contribution in [1.29, 1.82) is 0 Å². The van der Waals surface area contributed by atoms with Crippen molar-refractivity contribution in [2.75, 3.05) is 6.61 Å². The van der Waals surface area contributed by atoms with E-state index in [-0.39, 0.29) is 6.04 Å². The molecule has 0 aliphatic rings. The Hall–Kier alpha value is -1.80. The highest BCUT2D eigenvalue weighted by molar-refractivity contribution is 5.30. The molecule has 0 heterocycles. The van der Waals surface area contributed by atoms with Crippen LogP contribution in [0.1, 0.15) is 36.9 Å². The highest BCUT2D eigenvalue weighted by Crippen LogP contribution is 2.19. The van der Waals surface area contributed by atoms with Crippen molar-refractivity contribution in [1.82, 2.24) is 0 Å². The van der Waals surface area contributed by atoms with E-state index in [0.29, 0.717) is 0 Å². The van der Waals surface area contributed by atoms with Gasteiger partial charge in [0.2, 0.25) is 0 Å². The molecule has 0 spiro atoms. The summed E-state index contributed by atoms with van der Waals surface area (Å²) in [4.78, 5) is 0. The van der Waals surface area contributed by atoms with Gasteiger partial charge in [0.05, 0.1) is 6.61 Å². The van der Waals surface area contributed by atoms with Crippen molar-refractivity contribution in [3.05, 3.63) is 65.7 Å². The van der Waals surface area contributed by atoms with E-state index in [9.17, 15) is 0 Å². The number of nitrogens with two attached hydrogens (primary N) is 1. The predicted molar refractivity (Wildman–Crippen MR) is 83.9 cm³/mol. The number of rotatable bonds is 7. The Bertz CT molecular complexity index is 493. The van der Waals surface area contributed by atoms with Crippen LogP contribution in [0.25, 0.3) is 0 Å². The highest BCUT2D eigenvalue weighted by Gasteiger charge is 2.07. The van der Waals surface area contributed by atoms with E-state index >= 15 is 0 Å². The maximum Gasteiger partial charge on any atom is 0.119 e. The molecule has 2 nitrogen and oxygen atoms in total. The number of hydrogen-bond acceptors (Lipinski definition) is 2. The van der Waals surface area contributed by atoms with Crippen LogP contribution in [0.2, 0.25) is 0 Å². The van der Waals surface area contributed by atoms with Crippen molar-refractivity contribution >= 4 is 0 Å². The number of benzene rings is 2. The van der Waals surface area contributed by atoms with Gasteiger partial charge < -0.3 is 10.5 Å². The largest absolute Gasteiger partial charge is 0.494 e. The molecule has 2 aromatic carbocycles. The third-order valence-corrected chi connectivity index (χ3v) is 3.37. The normalized spacial score (nSPS) is 12.1. The fourth-order valence-corrected chi connectivity index (χ4v) is 2.13. The van der Waals surface area contributed by atoms with E-state index in [1.54, 1.807) is 0 Å². The number of unbranched alkanes of at least 4 members (excludes halogenated alkanes) is 1. The molecule has 2 heteroatoms. The Kier molecular flexibility index (Phi) is 5.63. The molecule has 2 aromatic rings. The fourth-order valence-electron chi connectivity index (χ4n) is 2.13. The summed E-state index contributed by atoms with van der Waals surface area (Å²) in [5.74, 6) is 0.925. The molecule has 20 heavy (non-hydrogen) atoms. The second kappa shape index (κ2) is 7.71. The van der Waals surface area contributed by atoms with E-state index in [1.807, 2.05) is 30.3 Å². The van der Waals surface area contributed by atoms with E-state index in [4.69, 9.17) is 10.5 Å². The first kappa shape index (κ1) is 14.6. The first-order valence-electron chi connectivity index (χ1n) is 7.32. The molecule has 0 radical (unpaired) electrons. The van der Waals surface area contributed by atoms with Crippen LogP contribution in [0.15, 0.2) is 54.6 Å². The van der Waals surface area contributed by atoms with Crippen LogP contribution in [0.3, 0.4) is 0 Å². The Morgan fingerprint density at radius 2 is 1.70 bits per heavy atom.